The van der Waals surface area contributed by atoms with Crippen LogP contribution in [0.4, 0.5) is 5.69 Å². The van der Waals surface area contributed by atoms with Crippen molar-refractivity contribution in [2.45, 2.75) is 25.3 Å². The Labute approximate surface area is 146 Å². The number of rotatable bonds is 5. The van der Waals surface area contributed by atoms with Gasteiger partial charge < -0.3 is 4.57 Å². The van der Waals surface area contributed by atoms with Gasteiger partial charge in [-0.15, -0.1) is 0 Å². The van der Waals surface area contributed by atoms with E-state index >= 15 is 0 Å². The average Bonchev–Trinajstić information content (AvgIpc) is 2.94. The van der Waals surface area contributed by atoms with Gasteiger partial charge in [0.05, 0.1) is 17.3 Å². The summed E-state index contributed by atoms with van der Waals surface area (Å²) < 4.78 is 30.2. The first kappa shape index (κ1) is 17.0. The van der Waals surface area contributed by atoms with E-state index in [1.165, 1.54) is 6.07 Å². The van der Waals surface area contributed by atoms with Gasteiger partial charge in [0.1, 0.15) is 10.5 Å². The lowest BCUT2D eigenvalue weighted by atomic mass is 10.2. The number of hydrogen-bond acceptors (Lipinski definition) is 4. The smallest absolute Gasteiger partial charge is 0.264 e. The van der Waals surface area contributed by atoms with Crippen molar-refractivity contribution >= 4 is 26.7 Å². The molecule has 25 heavy (non-hydrogen) atoms. The summed E-state index contributed by atoms with van der Waals surface area (Å²) in [6.07, 6.45) is 3.27. The fraction of sp³-hybridized carbons (Fsp3) is 0.222. The lowest BCUT2D eigenvalue weighted by Gasteiger charge is -2.07. The maximum absolute atomic E-state index is 12.9. The van der Waals surface area contributed by atoms with Gasteiger partial charge in [0.15, 0.2) is 0 Å². The van der Waals surface area contributed by atoms with E-state index < -0.39 is 10.0 Å². The van der Waals surface area contributed by atoms with E-state index in [4.69, 9.17) is 5.26 Å². The highest BCUT2D eigenvalue weighted by molar-refractivity contribution is 7.93. The molecule has 0 aliphatic heterocycles. The fourth-order valence-corrected chi connectivity index (χ4v) is 3.96. The number of anilines is 1. The van der Waals surface area contributed by atoms with Crippen molar-refractivity contribution in [2.75, 3.05) is 4.72 Å². The Hall–Kier alpha value is -2.85. The lowest BCUT2D eigenvalue weighted by molar-refractivity contribution is 0.530. The van der Waals surface area contributed by atoms with Gasteiger partial charge in [-0.25, -0.2) is 13.4 Å². The third kappa shape index (κ3) is 3.49. The normalized spacial score (nSPS) is 11.6. The molecule has 1 aromatic carbocycles. The van der Waals surface area contributed by atoms with Gasteiger partial charge in [-0.05, 0) is 36.2 Å². The Bertz CT molecular complexity index is 1060. The number of pyridine rings is 1. The van der Waals surface area contributed by atoms with Gasteiger partial charge in [-0.3, -0.25) is 4.72 Å². The Morgan fingerprint density at radius 2 is 2.08 bits per heavy atom. The number of sulfonamides is 1. The van der Waals surface area contributed by atoms with E-state index in [9.17, 15) is 8.42 Å². The van der Waals surface area contributed by atoms with Crippen molar-refractivity contribution in [3.05, 3.63) is 54.4 Å². The second kappa shape index (κ2) is 6.57. The average molecular weight is 354 g/mol. The predicted molar refractivity (Wildman–Crippen MR) is 96.5 cm³/mol. The minimum atomic E-state index is -3.80. The number of nitrogens with zero attached hydrogens (tertiary/aromatic N) is 3. The van der Waals surface area contributed by atoms with Gasteiger partial charge in [-0.2, -0.15) is 5.26 Å². The minimum Gasteiger partial charge on any atom is -0.331 e. The summed E-state index contributed by atoms with van der Waals surface area (Å²) in [5.74, 6) is 0.355. The first-order valence-corrected chi connectivity index (χ1v) is 9.36. The molecular weight excluding hydrogens is 336 g/mol. The molecule has 0 atom stereocenters. The fourth-order valence-electron chi connectivity index (χ4n) is 2.70. The van der Waals surface area contributed by atoms with Crippen molar-refractivity contribution in [3.63, 3.8) is 0 Å². The molecule has 3 rings (SSSR count). The highest BCUT2D eigenvalue weighted by Crippen LogP contribution is 2.26. The molecule has 0 radical (unpaired) electrons. The SMILES string of the molecule is CC(C)Cn1cc(S(=O)(=O)Nc2cccc(C#N)c2)c2cccnc21. The molecule has 1 N–H and O–H groups in total. The molecule has 6 nitrogen and oxygen atoms in total. The monoisotopic (exact) mass is 354 g/mol. The first-order chi connectivity index (χ1) is 11.9. The van der Waals surface area contributed by atoms with Crippen molar-refractivity contribution in [1.29, 1.82) is 5.26 Å². The zero-order chi connectivity index (χ0) is 18.0. The van der Waals surface area contributed by atoms with Gasteiger partial charge in [-0.1, -0.05) is 19.9 Å². The molecule has 0 spiro atoms. The molecule has 0 saturated heterocycles. The molecule has 128 valence electrons. The second-order valence-corrected chi connectivity index (χ2v) is 7.86. The summed E-state index contributed by atoms with van der Waals surface area (Å²) >= 11 is 0. The summed E-state index contributed by atoms with van der Waals surface area (Å²) in [5, 5.41) is 9.54. The molecule has 7 heteroatoms. The predicted octanol–water partition coefficient (Wildman–Crippen LogP) is 3.36. The topological polar surface area (TPSA) is 87.8 Å². The van der Waals surface area contributed by atoms with Gasteiger partial charge in [0.25, 0.3) is 10.0 Å². The van der Waals surface area contributed by atoms with E-state index in [1.807, 2.05) is 10.6 Å². The third-order valence-corrected chi connectivity index (χ3v) is 5.10. The number of aromatic nitrogens is 2. The van der Waals surface area contributed by atoms with Crippen LogP contribution >= 0.6 is 0 Å². The number of fused-ring (bicyclic) bond motifs is 1. The van der Waals surface area contributed by atoms with Crippen molar-refractivity contribution in [2.24, 2.45) is 5.92 Å². The highest BCUT2D eigenvalue weighted by atomic mass is 32.2. The van der Waals surface area contributed by atoms with E-state index in [-0.39, 0.29) is 4.90 Å². The number of benzene rings is 1. The van der Waals surface area contributed by atoms with Gasteiger partial charge >= 0.3 is 0 Å². The molecular formula is C18H18N4O2S. The molecule has 3 aromatic rings. The molecule has 0 unspecified atom stereocenters. The largest absolute Gasteiger partial charge is 0.331 e. The van der Waals surface area contributed by atoms with Crippen LogP contribution in [0, 0.1) is 17.2 Å². The van der Waals surface area contributed by atoms with Crippen LogP contribution in [0.5, 0.6) is 0 Å². The Kier molecular flexibility index (Phi) is 4.47. The zero-order valence-electron chi connectivity index (χ0n) is 14.0. The summed E-state index contributed by atoms with van der Waals surface area (Å²) in [6.45, 7) is 4.80. The second-order valence-electron chi connectivity index (χ2n) is 6.21. The molecule has 0 amide bonds. The van der Waals surface area contributed by atoms with Crippen LogP contribution in [0.1, 0.15) is 19.4 Å². The van der Waals surface area contributed by atoms with E-state index in [2.05, 4.69) is 23.6 Å². The van der Waals surface area contributed by atoms with Gasteiger partial charge in [0, 0.05) is 24.3 Å². The third-order valence-electron chi connectivity index (χ3n) is 3.69. The maximum Gasteiger partial charge on any atom is 0.264 e. The molecule has 0 aliphatic carbocycles. The van der Waals surface area contributed by atoms with Crippen LogP contribution in [-0.2, 0) is 16.6 Å². The van der Waals surface area contributed by atoms with Crippen molar-refractivity contribution in [3.8, 4) is 6.07 Å². The number of nitriles is 1. The maximum atomic E-state index is 12.9. The Balaban J connectivity index is 2.06. The first-order valence-electron chi connectivity index (χ1n) is 7.87. The summed E-state index contributed by atoms with van der Waals surface area (Å²) in [6, 6.07) is 11.8. The van der Waals surface area contributed by atoms with Crippen LogP contribution < -0.4 is 4.72 Å². The van der Waals surface area contributed by atoms with Crippen LogP contribution in [-0.4, -0.2) is 18.0 Å². The Morgan fingerprint density at radius 1 is 1.28 bits per heavy atom. The molecule has 0 aliphatic rings. The van der Waals surface area contributed by atoms with Gasteiger partial charge in [0.2, 0.25) is 0 Å². The minimum absolute atomic E-state index is 0.179. The lowest BCUT2D eigenvalue weighted by Crippen LogP contribution is -2.13. The van der Waals surface area contributed by atoms with Crippen LogP contribution in [0.2, 0.25) is 0 Å². The van der Waals surface area contributed by atoms with Crippen LogP contribution in [0.3, 0.4) is 0 Å². The molecule has 0 bridgehead atoms. The molecule has 0 saturated carbocycles. The summed E-state index contributed by atoms with van der Waals surface area (Å²) in [7, 11) is -3.80. The number of hydrogen-bond donors (Lipinski definition) is 1. The van der Waals surface area contributed by atoms with E-state index in [1.54, 1.807) is 42.7 Å². The quantitative estimate of drug-likeness (QED) is 0.761. The van der Waals surface area contributed by atoms with E-state index in [0.29, 0.717) is 34.7 Å². The van der Waals surface area contributed by atoms with Crippen LogP contribution in [0.15, 0.2) is 53.7 Å². The molecule has 2 heterocycles. The molecule has 2 aromatic heterocycles. The van der Waals surface area contributed by atoms with Crippen molar-refractivity contribution in [1.82, 2.24) is 9.55 Å². The number of nitrogens with one attached hydrogen (secondary N) is 1. The zero-order valence-corrected chi connectivity index (χ0v) is 14.8. The Morgan fingerprint density at radius 3 is 2.80 bits per heavy atom. The summed E-state index contributed by atoms with van der Waals surface area (Å²) in [4.78, 5) is 4.51. The van der Waals surface area contributed by atoms with E-state index in [0.717, 1.165) is 0 Å². The standard InChI is InChI=1S/C18H18N4O2S/c1-13(2)11-22-12-17(16-7-4-8-20-18(16)22)25(23,24)21-15-6-3-5-14(9-15)10-19/h3-9,12-13,21H,11H2,1-2H3. The molecule has 0 fully saturated rings. The van der Waals surface area contributed by atoms with Crippen molar-refractivity contribution < 1.29 is 8.42 Å². The van der Waals surface area contributed by atoms with Crippen LogP contribution in [0.25, 0.3) is 11.0 Å². The summed E-state index contributed by atoms with van der Waals surface area (Å²) in [5.41, 5.74) is 1.39. The highest BCUT2D eigenvalue weighted by Gasteiger charge is 2.22.